The van der Waals surface area contributed by atoms with E-state index in [-0.39, 0.29) is 11.9 Å². The molecule has 1 aromatic rings. The normalized spacial score (nSPS) is 13.7. The molecule has 20 heavy (non-hydrogen) atoms. The van der Waals surface area contributed by atoms with Crippen molar-refractivity contribution >= 4 is 5.97 Å². The second-order valence-corrected chi connectivity index (χ2v) is 4.62. The number of halogens is 1. The van der Waals surface area contributed by atoms with Crippen molar-refractivity contribution in [3.63, 3.8) is 0 Å². The topological polar surface area (TPSA) is 61.5 Å². The van der Waals surface area contributed by atoms with E-state index < -0.39 is 12.1 Å². The first-order chi connectivity index (χ1) is 9.49. The van der Waals surface area contributed by atoms with Crippen LogP contribution in [0.3, 0.4) is 0 Å². The predicted octanol–water partition coefficient (Wildman–Crippen LogP) is 2.96. The van der Waals surface area contributed by atoms with Crippen LogP contribution >= 0.6 is 0 Å². The maximum Gasteiger partial charge on any atom is 0.347 e. The molecule has 0 fully saturated rings. The molecule has 112 valence electrons. The van der Waals surface area contributed by atoms with Gasteiger partial charge in [0, 0.05) is 11.6 Å². The molecule has 1 unspecified atom stereocenters. The molecule has 0 heterocycles. The lowest BCUT2D eigenvalue weighted by molar-refractivity contribution is -0.151. The average Bonchev–Trinajstić information content (AvgIpc) is 2.40. The van der Waals surface area contributed by atoms with Crippen LogP contribution in [0.1, 0.15) is 45.2 Å². The zero-order valence-corrected chi connectivity index (χ0v) is 12.2. The molecule has 5 heteroatoms. The van der Waals surface area contributed by atoms with Crippen molar-refractivity contribution in [2.24, 2.45) is 5.73 Å². The molecule has 1 aromatic carbocycles. The minimum absolute atomic E-state index is 0.298. The van der Waals surface area contributed by atoms with E-state index in [1.54, 1.807) is 13.8 Å². The number of rotatable bonds is 7. The quantitative estimate of drug-likeness (QED) is 0.781. The second kappa shape index (κ2) is 7.85. The van der Waals surface area contributed by atoms with Gasteiger partial charge >= 0.3 is 5.97 Å². The number of nitrogens with two attached hydrogens (primary N) is 1. The van der Waals surface area contributed by atoms with E-state index in [4.69, 9.17) is 15.2 Å². The van der Waals surface area contributed by atoms with Gasteiger partial charge in [-0.2, -0.15) is 0 Å². The van der Waals surface area contributed by atoms with Crippen LogP contribution in [-0.2, 0) is 9.53 Å². The van der Waals surface area contributed by atoms with Crippen molar-refractivity contribution in [2.75, 3.05) is 6.61 Å². The van der Waals surface area contributed by atoms with Crippen molar-refractivity contribution in [3.8, 4) is 5.75 Å². The summed E-state index contributed by atoms with van der Waals surface area (Å²) in [7, 11) is 0. The maximum atomic E-state index is 13.3. The first-order valence-corrected chi connectivity index (χ1v) is 6.87. The first-order valence-electron chi connectivity index (χ1n) is 6.87. The minimum atomic E-state index is -0.692. The van der Waals surface area contributed by atoms with Gasteiger partial charge in [0.25, 0.3) is 0 Å². The van der Waals surface area contributed by atoms with E-state index in [9.17, 15) is 9.18 Å². The Morgan fingerprint density at radius 2 is 2.10 bits per heavy atom. The van der Waals surface area contributed by atoms with E-state index in [0.29, 0.717) is 24.3 Å². The highest BCUT2D eigenvalue weighted by atomic mass is 19.1. The monoisotopic (exact) mass is 283 g/mol. The maximum absolute atomic E-state index is 13.3. The fourth-order valence-corrected chi connectivity index (χ4v) is 1.86. The molecule has 0 spiro atoms. The van der Waals surface area contributed by atoms with Gasteiger partial charge in [0.05, 0.1) is 6.61 Å². The van der Waals surface area contributed by atoms with Gasteiger partial charge in [0.15, 0.2) is 6.10 Å². The number of carbonyl (C=O) groups is 1. The van der Waals surface area contributed by atoms with Crippen molar-refractivity contribution in [1.82, 2.24) is 0 Å². The molecule has 2 atom stereocenters. The summed E-state index contributed by atoms with van der Waals surface area (Å²) in [5, 5.41) is 0. The van der Waals surface area contributed by atoms with Crippen LogP contribution in [0.15, 0.2) is 18.2 Å². The molecule has 0 aromatic heterocycles. The van der Waals surface area contributed by atoms with Crippen molar-refractivity contribution in [2.45, 2.75) is 45.8 Å². The van der Waals surface area contributed by atoms with Crippen LogP contribution in [0.25, 0.3) is 0 Å². The Labute approximate surface area is 119 Å². The van der Waals surface area contributed by atoms with E-state index in [0.717, 1.165) is 6.42 Å². The third-order valence-corrected chi connectivity index (χ3v) is 2.83. The van der Waals surface area contributed by atoms with Gasteiger partial charge in [0.1, 0.15) is 11.6 Å². The lowest BCUT2D eigenvalue weighted by Crippen LogP contribution is -2.30. The number of benzene rings is 1. The fourth-order valence-electron chi connectivity index (χ4n) is 1.86. The third kappa shape index (κ3) is 4.49. The standard InChI is InChI=1S/C15H22FNO3/c1-4-6-14(15(18)19-5-2)20-13-8-7-11(16)9-12(13)10(3)17/h7-10,14H,4-6,17H2,1-3H3/t10-,14?/m0/s1. The fraction of sp³-hybridized carbons (Fsp3) is 0.533. The number of ether oxygens (including phenoxy) is 2. The summed E-state index contributed by atoms with van der Waals surface area (Å²) < 4.78 is 23.9. The Morgan fingerprint density at radius 1 is 1.40 bits per heavy atom. The van der Waals surface area contributed by atoms with Gasteiger partial charge in [0.2, 0.25) is 0 Å². The van der Waals surface area contributed by atoms with Crippen molar-refractivity contribution in [1.29, 1.82) is 0 Å². The zero-order chi connectivity index (χ0) is 15.1. The summed E-state index contributed by atoms with van der Waals surface area (Å²) in [4.78, 5) is 11.8. The summed E-state index contributed by atoms with van der Waals surface area (Å²) in [6, 6.07) is 3.73. The molecule has 4 nitrogen and oxygen atoms in total. The van der Waals surface area contributed by atoms with Crippen molar-refractivity contribution in [3.05, 3.63) is 29.6 Å². The summed E-state index contributed by atoms with van der Waals surface area (Å²) in [6.45, 7) is 5.73. The number of hydrogen-bond donors (Lipinski definition) is 1. The summed E-state index contributed by atoms with van der Waals surface area (Å²) in [5.41, 5.74) is 6.34. The van der Waals surface area contributed by atoms with Crippen LogP contribution < -0.4 is 10.5 Å². The molecule has 0 radical (unpaired) electrons. The van der Waals surface area contributed by atoms with Gasteiger partial charge in [-0.25, -0.2) is 9.18 Å². The zero-order valence-electron chi connectivity index (χ0n) is 12.2. The van der Waals surface area contributed by atoms with Crippen LogP contribution in [0, 0.1) is 5.82 Å². The third-order valence-electron chi connectivity index (χ3n) is 2.83. The largest absolute Gasteiger partial charge is 0.478 e. The van der Waals surface area contributed by atoms with E-state index in [2.05, 4.69) is 0 Å². The lowest BCUT2D eigenvalue weighted by atomic mass is 10.1. The molecule has 0 bridgehead atoms. The average molecular weight is 283 g/mol. The van der Waals surface area contributed by atoms with Gasteiger partial charge in [-0.1, -0.05) is 13.3 Å². The van der Waals surface area contributed by atoms with Gasteiger partial charge < -0.3 is 15.2 Å². The minimum Gasteiger partial charge on any atom is -0.478 e. The Hall–Kier alpha value is -1.62. The van der Waals surface area contributed by atoms with Gasteiger partial charge in [-0.15, -0.1) is 0 Å². The van der Waals surface area contributed by atoms with Crippen LogP contribution in [-0.4, -0.2) is 18.7 Å². The Kier molecular flexibility index (Phi) is 6.45. The SMILES string of the molecule is CCCC(Oc1ccc(F)cc1[C@H](C)N)C(=O)OCC. The molecule has 0 aliphatic rings. The lowest BCUT2D eigenvalue weighted by Gasteiger charge is -2.20. The van der Waals surface area contributed by atoms with Gasteiger partial charge in [-0.3, -0.25) is 0 Å². The van der Waals surface area contributed by atoms with Crippen LogP contribution in [0.5, 0.6) is 5.75 Å². The molecule has 0 aliphatic heterocycles. The summed E-state index contributed by atoms with van der Waals surface area (Å²) >= 11 is 0. The van der Waals surface area contributed by atoms with E-state index in [1.807, 2.05) is 6.92 Å². The highest BCUT2D eigenvalue weighted by molar-refractivity contribution is 5.75. The Morgan fingerprint density at radius 3 is 2.65 bits per heavy atom. The summed E-state index contributed by atoms with van der Waals surface area (Å²) in [5.74, 6) is -0.366. The molecule has 1 rings (SSSR count). The second-order valence-electron chi connectivity index (χ2n) is 4.62. The Balaban J connectivity index is 2.95. The first kappa shape index (κ1) is 16.4. The molecule has 0 saturated heterocycles. The molecular weight excluding hydrogens is 261 g/mol. The number of esters is 1. The van der Waals surface area contributed by atoms with E-state index in [1.165, 1.54) is 18.2 Å². The molecule has 2 N–H and O–H groups in total. The highest BCUT2D eigenvalue weighted by Gasteiger charge is 2.22. The Bertz CT molecular complexity index is 449. The van der Waals surface area contributed by atoms with Crippen LogP contribution in [0.4, 0.5) is 4.39 Å². The molecular formula is C15H22FNO3. The summed E-state index contributed by atoms with van der Waals surface area (Å²) in [6.07, 6.45) is 0.621. The smallest absolute Gasteiger partial charge is 0.347 e. The van der Waals surface area contributed by atoms with Crippen LogP contribution in [0.2, 0.25) is 0 Å². The van der Waals surface area contributed by atoms with Crippen molar-refractivity contribution < 1.29 is 18.7 Å². The predicted molar refractivity (Wildman–Crippen MR) is 75.0 cm³/mol. The highest BCUT2D eigenvalue weighted by Crippen LogP contribution is 2.26. The van der Waals surface area contributed by atoms with E-state index >= 15 is 0 Å². The molecule has 0 amide bonds. The number of hydrogen-bond acceptors (Lipinski definition) is 4. The molecule has 0 aliphatic carbocycles. The molecule has 0 saturated carbocycles. The van der Waals surface area contributed by atoms with Gasteiger partial charge in [-0.05, 0) is 38.5 Å². The number of carbonyl (C=O) groups excluding carboxylic acids is 1.